The minimum absolute atomic E-state index is 0. The molecule has 0 aromatic rings. The van der Waals surface area contributed by atoms with E-state index in [1.165, 1.54) is 18.9 Å². The zero-order chi connectivity index (χ0) is 13.4. The lowest BCUT2D eigenvalue weighted by Crippen LogP contribution is -2.42. The number of amides is 1. The van der Waals surface area contributed by atoms with E-state index >= 15 is 0 Å². The number of hydrogen-bond donors (Lipinski definition) is 2. The summed E-state index contributed by atoms with van der Waals surface area (Å²) in [4.78, 5) is 22.7. The lowest BCUT2D eigenvalue weighted by molar-refractivity contribution is -0.137. The fourth-order valence-corrected chi connectivity index (χ4v) is 2.65. The molecule has 0 bridgehead atoms. The van der Waals surface area contributed by atoms with Crippen LogP contribution in [-0.4, -0.2) is 49.6 Å². The first kappa shape index (κ1) is 18.5. The number of methoxy groups -OCH3 is 1. The van der Waals surface area contributed by atoms with Crippen molar-refractivity contribution in [2.45, 2.75) is 25.8 Å². The van der Waals surface area contributed by atoms with Gasteiger partial charge in [0.2, 0.25) is 5.91 Å². The van der Waals surface area contributed by atoms with Crippen LogP contribution >= 0.6 is 24.2 Å². The van der Waals surface area contributed by atoms with Crippen LogP contribution in [0.2, 0.25) is 0 Å². The number of carbonyl (C=O) groups is 2. The largest absolute Gasteiger partial charge is 0.468 e. The number of esters is 1. The van der Waals surface area contributed by atoms with Crippen molar-refractivity contribution in [2.75, 3.05) is 31.7 Å². The van der Waals surface area contributed by atoms with Crippen LogP contribution in [0.3, 0.4) is 0 Å². The van der Waals surface area contributed by atoms with E-state index in [4.69, 9.17) is 0 Å². The lowest BCUT2D eigenvalue weighted by Gasteiger charge is -2.27. The van der Waals surface area contributed by atoms with Crippen molar-refractivity contribution in [3.8, 4) is 0 Å². The van der Waals surface area contributed by atoms with Crippen molar-refractivity contribution in [1.82, 2.24) is 10.6 Å². The van der Waals surface area contributed by atoms with E-state index in [1.54, 1.807) is 0 Å². The minimum atomic E-state index is -0.224. The van der Waals surface area contributed by atoms with E-state index < -0.39 is 0 Å². The summed E-state index contributed by atoms with van der Waals surface area (Å²) in [5.41, 5.74) is 0. The van der Waals surface area contributed by atoms with Crippen molar-refractivity contribution in [2.24, 2.45) is 5.92 Å². The lowest BCUT2D eigenvalue weighted by atomic mass is 9.92. The Kier molecular flexibility index (Phi) is 10.1. The number of halogens is 1. The predicted molar refractivity (Wildman–Crippen MR) is 79.8 cm³/mol. The monoisotopic (exact) mass is 310 g/mol. The van der Waals surface area contributed by atoms with Gasteiger partial charge in [0.25, 0.3) is 0 Å². The van der Waals surface area contributed by atoms with Gasteiger partial charge in [-0.1, -0.05) is 0 Å². The molecule has 1 rings (SSSR count). The Morgan fingerprint density at radius 2 is 2.21 bits per heavy atom. The first-order chi connectivity index (χ1) is 8.63. The summed E-state index contributed by atoms with van der Waals surface area (Å²) < 4.78 is 4.53. The fraction of sp³-hybridized carbons (Fsp3) is 0.833. The highest BCUT2D eigenvalue weighted by atomic mass is 35.5. The maximum Gasteiger partial charge on any atom is 0.315 e. The fourth-order valence-electron chi connectivity index (χ4n) is 1.98. The molecular weight excluding hydrogens is 288 g/mol. The van der Waals surface area contributed by atoms with Crippen molar-refractivity contribution >= 4 is 36.0 Å². The van der Waals surface area contributed by atoms with Gasteiger partial charge in [0.1, 0.15) is 0 Å². The summed E-state index contributed by atoms with van der Waals surface area (Å²) in [6.07, 6.45) is 1.81. The number of rotatable bonds is 6. The number of hydrogen-bond acceptors (Lipinski definition) is 5. The predicted octanol–water partition coefficient (Wildman–Crippen LogP) is 0.819. The molecule has 1 saturated heterocycles. The molecule has 0 saturated carbocycles. The maximum absolute atomic E-state index is 11.9. The molecule has 0 aromatic carbocycles. The standard InChI is InChI=1S/C12H22N2O3S.ClH/c1-9-7-10(3-4-13-9)12(16)14-5-6-18-8-11(15)17-2;/h9-10,13H,3-8H2,1-2H3,(H,14,16);1H/t9-,10-;/m0./s1. The van der Waals surface area contributed by atoms with Crippen LogP contribution < -0.4 is 10.6 Å². The first-order valence-corrected chi connectivity index (χ1v) is 7.44. The molecule has 1 aliphatic heterocycles. The van der Waals surface area contributed by atoms with Crippen LogP contribution in [0.5, 0.6) is 0 Å². The summed E-state index contributed by atoms with van der Waals surface area (Å²) in [5, 5.41) is 6.25. The highest BCUT2D eigenvalue weighted by molar-refractivity contribution is 7.99. The van der Waals surface area contributed by atoms with Gasteiger partial charge in [0.15, 0.2) is 0 Å². The van der Waals surface area contributed by atoms with Crippen molar-refractivity contribution < 1.29 is 14.3 Å². The van der Waals surface area contributed by atoms with Crippen LogP contribution in [0.4, 0.5) is 0 Å². The molecule has 0 aromatic heterocycles. The Labute approximate surface area is 125 Å². The van der Waals surface area contributed by atoms with Crippen LogP contribution in [-0.2, 0) is 14.3 Å². The van der Waals surface area contributed by atoms with Crippen molar-refractivity contribution in [3.63, 3.8) is 0 Å². The molecule has 0 radical (unpaired) electrons. The Bertz CT molecular complexity index is 292. The zero-order valence-corrected chi connectivity index (χ0v) is 13.1. The second-order valence-corrected chi connectivity index (χ2v) is 5.60. The summed E-state index contributed by atoms with van der Waals surface area (Å²) in [5.74, 6) is 1.13. The summed E-state index contributed by atoms with van der Waals surface area (Å²) in [7, 11) is 1.38. The van der Waals surface area contributed by atoms with Gasteiger partial charge >= 0.3 is 5.97 Å². The van der Waals surface area contributed by atoms with Gasteiger partial charge in [-0.25, -0.2) is 0 Å². The minimum Gasteiger partial charge on any atom is -0.468 e. The SMILES string of the molecule is COC(=O)CSCCNC(=O)[C@H]1CCN[C@@H](C)C1.Cl. The highest BCUT2D eigenvalue weighted by Crippen LogP contribution is 2.15. The van der Waals surface area contributed by atoms with E-state index in [2.05, 4.69) is 22.3 Å². The van der Waals surface area contributed by atoms with E-state index in [1.807, 2.05) is 0 Å². The van der Waals surface area contributed by atoms with Gasteiger partial charge < -0.3 is 15.4 Å². The van der Waals surface area contributed by atoms with Crippen LogP contribution in [0.1, 0.15) is 19.8 Å². The van der Waals surface area contributed by atoms with E-state index in [-0.39, 0.29) is 30.2 Å². The topological polar surface area (TPSA) is 67.4 Å². The average Bonchev–Trinajstić information content (AvgIpc) is 2.37. The third kappa shape index (κ3) is 7.64. The number of thioether (sulfide) groups is 1. The molecule has 19 heavy (non-hydrogen) atoms. The number of carbonyl (C=O) groups excluding carboxylic acids is 2. The van der Waals surface area contributed by atoms with Gasteiger partial charge in [0.05, 0.1) is 12.9 Å². The first-order valence-electron chi connectivity index (χ1n) is 6.29. The second kappa shape index (κ2) is 10.3. The number of piperidine rings is 1. The number of ether oxygens (including phenoxy) is 1. The molecular formula is C12H23ClN2O3S. The maximum atomic E-state index is 11.9. The molecule has 1 aliphatic rings. The molecule has 1 heterocycles. The van der Waals surface area contributed by atoms with Crippen LogP contribution in [0.15, 0.2) is 0 Å². The molecule has 0 spiro atoms. The third-order valence-electron chi connectivity index (χ3n) is 2.99. The van der Waals surface area contributed by atoms with E-state index in [0.717, 1.165) is 25.1 Å². The Morgan fingerprint density at radius 1 is 1.47 bits per heavy atom. The van der Waals surface area contributed by atoms with Gasteiger partial charge in [-0.2, -0.15) is 0 Å². The summed E-state index contributed by atoms with van der Waals surface area (Å²) >= 11 is 1.47. The third-order valence-corrected chi connectivity index (χ3v) is 3.92. The van der Waals surface area contributed by atoms with Crippen LogP contribution in [0.25, 0.3) is 0 Å². The van der Waals surface area contributed by atoms with Gasteiger partial charge in [-0.05, 0) is 26.3 Å². The van der Waals surface area contributed by atoms with Crippen molar-refractivity contribution in [3.05, 3.63) is 0 Å². The quantitative estimate of drug-likeness (QED) is 0.561. The molecule has 1 amide bonds. The van der Waals surface area contributed by atoms with Crippen molar-refractivity contribution in [1.29, 1.82) is 0 Å². The molecule has 0 unspecified atom stereocenters. The molecule has 7 heteroatoms. The zero-order valence-electron chi connectivity index (χ0n) is 11.4. The van der Waals surface area contributed by atoms with E-state index in [0.29, 0.717) is 18.3 Å². The summed E-state index contributed by atoms with van der Waals surface area (Å²) in [6.45, 7) is 3.63. The highest BCUT2D eigenvalue weighted by Gasteiger charge is 2.24. The molecule has 1 fully saturated rings. The molecule has 5 nitrogen and oxygen atoms in total. The summed E-state index contributed by atoms with van der Waals surface area (Å²) in [6, 6.07) is 0.420. The van der Waals surface area contributed by atoms with Gasteiger partial charge in [-0.3, -0.25) is 9.59 Å². The Morgan fingerprint density at radius 3 is 2.84 bits per heavy atom. The van der Waals surface area contributed by atoms with Gasteiger partial charge in [0, 0.05) is 24.3 Å². The van der Waals surface area contributed by atoms with Gasteiger partial charge in [-0.15, -0.1) is 24.2 Å². The van der Waals surface area contributed by atoms with E-state index in [9.17, 15) is 9.59 Å². The Hall–Kier alpha value is -0.460. The molecule has 2 atom stereocenters. The smallest absolute Gasteiger partial charge is 0.315 e. The molecule has 0 aliphatic carbocycles. The molecule has 2 N–H and O–H groups in total. The van der Waals surface area contributed by atoms with Crippen LogP contribution in [0, 0.1) is 5.92 Å². The molecule has 112 valence electrons. The number of nitrogens with one attached hydrogen (secondary N) is 2. The second-order valence-electron chi connectivity index (χ2n) is 4.50. The average molecular weight is 311 g/mol. The Balaban J connectivity index is 0.00000324. The normalized spacial score (nSPS) is 22.2.